The minimum atomic E-state index is -0.592. The van der Waals surface area contributed by atoms with Crippen molar-refractivity contribution in [3.05, 3.63) is 95.3 Å². The molecule has 160 valence electrons. The molecule has 0 radical (unpaired) electrons. The molecule has 1 aliphatic heterocycles. The van der Waals surface area contributed by atoms with Crippen LogP contribution in [-0.4, -0.2) is 23.9 Å². The van der Waals surface area contributed by atoms with Gasteiger partial charge in [-0.15, -0.1) is 0 Å². The first-order chi connectivity index (χ1) is 15.2. The lowest BCUT2D eigenvalue weighted by molar-refractivity contribution is 0.0719. The number of nitrogens with zero attached hydrogens (tertiary/aromatic N) is 1. The van der Waals surface area contributed by atoms with E-state index in [1.54, 1.807) is 4.90 Å². The van der Waals surface area contributed by atoms with Gasteiger partial charge in [-0.2, -0.15) is 0 Å². The smallest absolute Gasteiger partial charge is 0.256 e. The lowest BCUT2D eigenvalue weighted by Gasteiger charge is -2.27. The second-order valence-corrected chi connectivity index (χ2v) is 7.68. The van der Waals surface area contributed by atoms with E-state index in [-0.39, 0.29) is 23.8 Å². The highest BCUT2D eigenvalue weighted by Gasteiger charge is 2.24. The van der Waals surface area contributed by atoms with E-state index in [1.807, 2.05) is 60.7 Å². The second kappa shape index (κ2) is 10.1. The van der Waals surface area contributed by atoms with Crippen molar-refractivity contribution in [2.24, 2.45) is 0 Å². The number of carbonyl (C=O) groups is 1. The van der Waals surface area contributed by atoms with Gasteiger partial charge in [0.25, 0.3) is 5.91 Å². The van der Waals surface area contributed by atoms with Crippen molar-refractivity contribution in [2.75, 3.05) is 13.1 Å². The van der Waals surface area contributed by atoms with Crippen LogP contribution >= 0.6 is 0 Å². The van der Waals surface area contributed by atoms with Crippen LogP contribution in [0.3, 0.4) is 0 Å². The predicted molar refractivity (Wildman–Crippen MR) is 118 cm³/mol. The number of halogens is 1. The van der Waals surface area contributed by atoms with E-state index < -0.39 is 5.82 Å². The number of hydrogen-bond donors (Lipinski definition) is 0. The molecule has 1 amide bonds. The lowest BCUT2D eigenvalue weighted by atomic mass is 10.1. The molecule has 4 rings (SSSR count). The van der Waals surface area contributed by atoms with Crippen molar-refractivity contribution in [1.82, 2.24) is 4.90 Å². The Hall–Kier alpha value is -3.34. The third-order valence-electron chi connectivity index (χ3n) is 5.38. The molecule has 1 fully saturated rings. The third-order valence-corrected chi connectivity index (χ3v) is 5.38. The van der Waals surface area contributed by atoms with Crippen LogP contribution in [-0.2, 0) is 13.2 Å². The molecule has 0 aliphatic carbocycles. The Morgan fingerprint density at radius 3 is 1.84 bits per heavy atom. The first-order valence-corrected chi connectivity index (χ1v) is 10.7. The molecule has 1 heterocycles. The van der Waals surface area contributed by atoms with Crippen LogP contribution in [0.15, 0.2) is 72.8 Å². The molecule has 0 atom stereocenters. The Balaban J connectivity index is 1.58. The van der Waals surface area contributed by atoms with Crippen molar-refractivity contribution < 1.29 is 18.7 Å². The summed E-state index contributed by atoms with van der Waals surface area (Å²) in [5, 5.41) is 0. The number of carbonyl (C=O) groups excluding carboxylic acids is 1. The van der Waals surface area contributed by atoms with Gasteiger partial charge < -0.3 is 14.4 Å². The lowest BCUT2D eigenvalue weighted by Crippen LogP contribution is -2.36. The van der Waals surface area contributed by atoms with E-state index in [9.17, 15) is 9.18 Å². The Kier molecular flexibility index (Phi) is 6.82. The molecule has 3 aromatic carbocycles. The van der Waals surface area contributed by atoms with E-state index in [4.69, 9.17) is 9.47 Å². The van der Waals surface area contributed by atoms with Crippen molar-refractivity contribution in [3.8, 4) is 11.5 Å². The SMILES string of the molecule is O=C(c1cc(OCc2ccccc2)c(OCc2ccccc2)cc1F)N1CCCCC1. The van der Waals surface area contributed by atoms with Gasteiger partial charge in [-0.25, -0.2) is 4.39 Å². The van der Waals surface area contributed by atoms with E-state index >= 15 is 0 Å². The summed E-state index contributed by atoms with van der Waals surface area (Å²) in [5.74, 6) is -0.240. The number of likely N-dealkylation sites (tertiary alicyclic amines) is 1. The van der Waals surface area contributed by atoms with Crippen molar-refractivity contribution >= 4 is 5.91 Å². The van der Waals surface area contributed by atoms with Crippen LogP contribution in [0.2, 0.25) is 0 Å². The molecule has 0 spiro atoms. The normalized spacial score (nSPS) is 13.6. The van der Waals surface area contributed by atoms with Gasteiger partial charge in [0.2, 0.25) is 0 Å². The van der Waals surface area contributed by atoms with Crippen LogP contribution in [0.25, 0.3) is 0 Å². The first kappa shape index (κ1) is 20.9. The van der Waals surface area contributed by atoms with Gasteiger partial charge in [-0.3, -0.25) is 4.79 Å². The van der Waals surface area contributed by atoms with Gasteiger partial charge in [0, 0.05) is 19.2 Å². The number of ether oxygens (including phenoxy) is 2. The van der Waals surface area contributed by atoms with E-state index in [0.29, 0.717) is 25.4 Å². The average molecular weight is 419 g/mol. The van der Waals surface area contributed by atoms with Crippen molar-refractivity contribution in [3.63, 3.8) is 0 Å². The number of amides is 1. The fraction of sp³-hybridized carbons (Fsp3) is 0.269. The fourth-order valence-corrected chi connectivity index (χ4v) is 3.66. The molecule has 0 saturated carbocycles. The maximum Gasteiger partial charge on any atom is 0.256 e. The third kappa shape index (κ3) is 5.43. The van der Waals surface area contributed by atoms with Crippen LogP contribution in [0.1, 0.15) is 40.7 Å². The molecule has 4 nitrogen and oxygen atoms in total. The minimum Gasteiger partial charge on any atom is -0.485 e. The maximum atomic E-state index is 14.9. The fourth-order valence-electron chi connectivity index (χ4n) is 3.66. The van der Waals surface area contributed by atoms with E-state index in [2.05, 4.69) is 0 Å². The molecular formula is C26H26FNO3. The van der Waals surface area contributed by atoms with Gasteiger partial charge in [0.1, 0.15) is 19.0 Å². The Morgan fingerprint density at radius 2 is 1.29 bits per heavy atom. The number of rotatable bonds is 7. The molecule has 0 unspecified atom stereocenters. The zero-order valence-electron chi connectivity index (χ0n) is 17.4. The summed E-state index contributed by atoms with van der Waals surface area (Å²) in [5.41, 5.74) is 1.96. The molecule has 0 N–H and O–H groups in total. The highest BCUT2D eigenvalue weighted by Crippen LogP contribution is 2.33. The Labute approximate surface area is 182 Å². The molecule has 1 saturated heterocycles. The highest BCUT2D eigenvalue weighted by molar-refractivity contribution is 5.95. The molecule has 31 heavy (non-hydrogen) atoms. The summed E-state index contributed by atoms with van der Waals surface area (Å²) in [4.78, 5) is 14.6. The summed E-state index contributed by atoms with van der Waals surface area (Å²) in [6.45, 7) is 1.89. The Bertz CT molecular complexity index is 1000. The largest absolute Gasteiger partial charge is 0.485 e. The van der Waals surface area contributed by atoms with Crippen molar-refractivity contribution in [2.45, 2.75) is 32.5 Å². The predicted octanol–water partition coefficient (Wildman–Crippen LogP) is 5.61. The summed E-state index contributed by atoms with van der Waals surface area (Å²) in [7, 11) is 0. The summed E-state index contributed by atoms with van der Waals surface area (Å²) >= 11 is 0. The van der Waals surface area contributed by atoms with E-state index in [0.717, 1.165) is 30.4 Å². The topological polar surface area (TPSA) is 38.8 Å². The zero-order chi connectivity index (χ0) is 21.5. The molecule has 1 aliphatic rings. The Morgan fingerprint density at radius 1 is 0.774 bits per heavy atom. The highest BCUT2D eigenvalue weighted by atomic mass is 19.1. The van der Waals surface area contributed by atoms with Crippen LogP contribution in [0.4, 0.5) is 4.39 Å². The summed E-state index contributed by atoms with van der Waals surface area (Å²) < 4.78 is 26.8. The van der Waals surface area contributed by atoms with Crippen molar-refractivity contribution in [1.29, 1.82) is 0 Å². The number of hydrogen-bond acceptors (Lipinski definition) is 3. The van der Waals surface area contributed by atoms with Crippen LogP contribution < -0.4 is 9.47 Å². The first-order valence-electron chi connectivity index (χ1n) is 10.7. The maximum absolute atomic E-state index is 14.9. The standard InChI is InChI=1S/C26H26FNO3/c27-23-17-25(31-19-21-12-6-2-7-13-21)24(30-18-20-10-4-1-5-11-20)16-22(23)26(29)28-14-8-3-9-15-28/h1-2,4-7,10-13,16-17H,3,8-9,14-15,18-19H2. The second-order valence-electron chi connectivity index (χ2n) is 7.68. The summed E-state index contributed by atoms with van der Waals surface area (Å²) in [6, 6.07) is 22.1. The molecule has 0 bridgehead atoms. The van der Waals surface area contributed by atoms with Gasteiger partial charge in [-0.1, -0.05) is 60.7 Å². The summed E-state index contributed by atoms with van der Waals surface area (Å²) in [6.07, 6.45) is 3.00. The van der Waals surface area contributed by atoms with Gasteiger partial charge in [0.15, 0.2) is 11.5 Å². The minimum absolute atomic E-state index is 0.0250. The molecule has 3 aromatic rings. The number of benzene rings is 3. The van der Waals surface area contributed by atoms with Gasteiger partial charge >= 0.3 is 0 Å². The average Bonchev–Trinajstić information content (AvgIpc) is 2.83. The number of piperidine rings is 1. The van der Waals surface area contributed by atoms with Crippen LogP contribution in [0, 0.1) is 5.82 Å². The van der Waals surface area contributed by atoms with Gasteiger partial charge in [0.05, 0.1) is 5.56 Å². The van der Waals surface area contributed by atoms with Crippen LogP contribution in [0.5, 0.6) is 11.5 Å². The van der Waals surface area contributed by atoms with Gasteiger partial charge in [-0.05, 0) is 36.5 Å². The molecule has 0 aromatic heterocycles. The quantitative estimate of drug-likeness (QED) is 0.500. The van der Waals surface area contributed by atoms with E-state index in [1.165, 1.54) is 12.1 Å². The molecule has 5 heteroatoms. The zero-order valence-corrected chi connectivity index (χ0v) is 17.4. The monoisotopic (exact) mass is 419 g/mol. The molecular weight excluding hydrogens is 393 g/mol.